The number of anilines is 3. The molecule has 0 amide bonds. The maximum Gasteiger partial charge on any atom is 0.226 e. The Kier molecular flexibility index (Phi) is 5.38. The van der Waals surface area contributed by atoms with Crippen LogP contribution in [0.5, 0.6) is 0 Å². The minimum absolute atomic E-state index is 0.0251. The van der Waals surface area contributed by atoms with E-state index in [0.717, 1.165) is 5.56 Å². The highest BCUT2D eigenvalue weighted by Crippen LogP contribution is 2.25. The molecule has 10 heteroatoms. The zero-order valence-corrected chi connectivity index (χ0v) is 15.5. The highest BCUT2D eigenvalue weighted by molar-refractivity contribution is 6.31. The van der Waals surface area contributed by atoms with Crippen molar-refractivity contribution in [2.75, 3.05) is 22.9 Å². The number of nitrogens with zero attached hydrogens (tertiary/aromatic N) is 5. The first kappa shape index (κ1) is 18.2. The number of fused-ring (bicyclic) bond motifs is 1. The van der Waals surface area contributed by atoms with Gasteiger partial charge in [-0.3, -0.25) is 0 Å². The number of aryl methyl sites for hydroxylation is 1. The lowest BCUT2D eigenvalue weighted by molar-refractivity contribution is 0.641. The van der Waals surface area contributed by atoms with Crippen LogP contribution in [0.15, 0.2) is 18.2 Å². The van der Waals surface area contributed by atoms with E-state index in [2.05, 4.69) is 30.9 Å². The van der Waals surface area contributed by atoms with E-state index < -0.39 is 0 Å². The van der Waals surface area contributed by atoms with Crippen LogP contribution in [0, 0.1) is 0 Å². The largest absolute Gasteiger partial charge is 0.398 e. The predicted octanol–water partition coefficient (Wildman–Crippen LogP) is 1.85. The third-order valence-electron chi connectivity index (χ3n) is 3.83. The molecule has 3 rings (SSSR count). The van der Waals surface area contributed by atoms with Crippen molar-refractivity contribution in [2.24, 2.45) is 5.73 Å². The summed E-state index contributed by atoms with van der Waals surface area (Å²) in [6.45, 7) is 5.49. The predicted molar refractivity (Wildman–Crippen MR) is 104 cm³/mol. The van der Waals surface area contributed by atoms with Crippen LogP contribution in [0.25, 0.3) is 11.2 Å². The van der Waals surface area contributed by atoms with Crippen LogP contribution < -0.4 is 22.1 Å². The van der Waals surface area contributed by atoms with E-state index in [9.17, 15) is 0 Å². The molecule has 0 aliphatic rings. The lowest BCUT2D eigenvalue weighted by Crippen LogP contribution is -2.26. The SMILES string of the molecule is CCn1nnc2c(NCc3c(N)cccc3Cl)nc(NCC(C)N)nc21. The summed E-state index contributed by atoms with van der Waals surface area (Å²) in [6, 6.07) is 5.39. The van der Waals surface area contributed by atoms with Gasteiger partial charge in [0.15, 0.2) is 17.0 Å². The molecule has 0 bridgehead atoms. The first-order valence-electron chi connectivity index (χ1n) is 8.37. The summed E-state index contributed by atoms with van der Waals surface area (Å²) in [5.41, 5.74) is 14.5. The van der Waals surface area contributed by atoms with Crippen LogP contribution in [0.2, 0.25) is 5.02 Å². The van der Waals surface area contributed by atoms with Crippen molar-refractivity contribution in [3.05, 3.63) is 28.8 Å². The highest BCUT2D eigenvalue weighted by atomic mass is 35.5. The van der Waals surface area contributed by atoms with Crippen molar-refractivity contribution in [3.63, 3.8) is 0 Å². The molecule has 0 fully saturated rings. The molecule has 0 aliphatic carbocycles. The average molecular weight is 376 g/mol. The summed E-state index contributed by atoms with van der Waals surface area (Å²) in [5, 5.41) is 15.3. The topological polar surface area (TPSA) is 133 Å². The summed E-state index contributed by atoms with van der Waals surface area (Å²) in [7, 11) is 0. The molecule has 0 radical (unpaired) electrons. The summed E-state index contributed by atoms with van der Waals surface area (Å²) in [6.07, 6.45) is 0. The molecule has 0 saturated heterocycles. The van der Waals surface area contributed by atoms with E-state index in [0.29, 0.717) is 53.3 Å². The molecule has 2 heterocycles. The Morgan fingerprint density at radius 3 is 2.77 bits per heavy atom. The van der Waals surface area contributed by atoms with E-state index in [-0.39, 0.29) is 6.04 Å². The van der Waals surface area contributed by atoms with Crippen molar-refractivity contribution in [3.8, 4) is 0 Å². The molecule has 0 spiro atoms. The summed E-state index contributed by atoms with van der Waals surface area (Å²) < 4.78 is 1.71. The number of hydrogen-bond donors (Lipinski definition) is 4. The van der Waals surface area contributed by atoms with Gasteiger partial charge in [0, 0.05) is 41.9 Å². The summed E-state index contributed by atoms with van der Waals surface area (Å²) >= 11 is 6.25. The first-order valence-corrected chi connectivity index (χ1v) is 8.74. The van der Waals surface area contributed by atoms with Gasteiger partial charge in [0.25, 0.3) is 0 Å². The number of nitrogens with one attached hydrogen (secondary N) is 2. The number of nitrogen functional groups attached to an aromatic ring is 1. The number of aromatic nitrogens is 5. The standard InChI is InChI=1S/C16H22ClN9/c1-3-26-15-13(24-25-26)14(22-16(23-15)21-7-9(2)18)20-8-10-11(17)5-4-6-12(10)19/h4-6,9H,3,7-8,18-19H2,1-2H3,(H2,20,21,22,23). The molecule has 138 valence electrons. The third-order valence-corrected chi connectivity index (χ3v) is 4.19. The van der Waals surface area contributed by atoms with Gasteiger partial charge in [-0.15, -0.1) is 5.10 Å². The summed E-state index contributed by atoms with van der Waals surface area (Å²) in [5.74, 6) is 1.02. The fourth-order valence-electron chi connectivity index (χ4n) is 2.46. The molecular formula is C16H22ClN9. The molecule has 26 heavy (non-hydrogen) atoms. The summed E-state index contributed by atoms with van der Waals surface area (Å²) in [4.78, 5) is 9.00. The Hall–Kier alpha value is -2.65. The van der Waals surface area contributed by atoms with Gasteiger partial charge >= 0.3 is 0 Å². The average Bonchev–Trinajstić information content (AvgIpc) is 3.02. The molecule has 0 saturated carbocycles. The van der Waals surface area contributed by atoms with Crippen molar-refractivity contribution in [1.82, 2.24) is 25.0 Å². The van der Waals surface area contributed by atoms with Gasteiger partial charge in [0.2, 0.25) is 5.95 Å². The Morgan fingerprint density at radius 1 is 1.27 bits per heavy atom. The lowest BCUT2D eigenvalue weighted by Gasteiger charge is -2.12. The molecule has 0 aliphatic heterocycles. The minimum Gasteiger partial charge on any atom is -0.398 e. The van der Waals surface area contributed by atoms with Crippen LogP contribution in [0.1, 0.15) is 19.4 Å². The maximum absolute atomic E-state index is 6.25. The van der Waals surface area contributed by atoms with E-state index in [1.54, 1.807) is 16.8 Å². The number of rotatable bonds is 7. The van der Waals surface area contributed by atoms with Crippen LogP contribution in [0.3, 0.4) is 0 Å². The van der Waals surface area contributed by atoms with Crippen molar-refractivity contribution in [2.45, 2.75) is 33.0 Å². The van der Waals surface area contributed by atoms with Gasteiger partial charge in [-0.1, -0.05) is 22.9 Å². The van der Waals surface area contributed by atoms with E-state index in [1.807, 2.05) is 19.9 Å². The molecule has 1 atom stereocenters. The highest BCUT2D eigenvalue weighted by Gasteiger charge is 2.15. The second kappa shape index (κ2) is 7.71. The smallest absolute Gasteiger partial charge is 0.226 e. The van der Waals surface area contributed by atoms with E-state index >= 15 is 0 Å². The first-order chi connectivity index (χ1) is 12.5. The minimum atomic E-state index is -0.0251. The maximum atomic E-state index is 6.25. The van der Waals surface area contributed by atoms with Crippen molar-refractivity contribution < 1.29 is 0 Å². The zero-order valence-electron chi connectivity index (χ0n) is 14.7. The van der Waals surface area contributed by atoms with Gasteiger partial charge in [0.1, 0.15) is 0 Å². The van der Waals surface area contributed by atoms with Gasteiger partial charge in [0.05, 0.1) is 0 Å². The number of hydrogen-bond acceptors (Lipinski definition) is 8. The molecule has 2 aromatic heterocycles. The molecule has 6 N–H and O–H groups in total. The van der Waals surface area contributed by atoms with Crippen LogP contribution in [0.4, 0.5) is 17.5 Å². The normalized spacial score (nSPS) is 12.3. The second-order valence-electron chi connectivity index (χ2n) is 5.99. The van der Waals surface area contributed by atoms with Crippen molar-refractivity contribution in [1.29, 1.82) is 0 Å². The number of benzene rings is 1. The Morgan fingerprint density at radius 2 is 2.08 bits per heavy atom. The van der Waals surface area contributed by atoms with Crippen molar-refractivity contribution >= 4 is 40.2 Å². The zero-order chi connectivity index (χ0) is 18.7. The monoisotopic (exact) mass is 375 g/mol. The molecular weight excluding hydrogens is 354 g/mol. The lowest BCUT2D eigenvalue weighted by atomic mass is 10.2. The van der Waals surface area contributed by atoms with E-state index in [4.69, 9.17) is 23.1 Å². The van der Waals surface area contributed by atoms with Gasteiger partial charge in [-0.25, -0.2) is 4.68 Å². The van der Waals surface area contributed by atoms with Gasteiger partial charge < -0.3 is 22.1 Å². The van der Waals surface area contributed by atoms with E-state index in [1.165, 1.54) is 0 Å². The van der Waals surface area contributed by atoms with Gasteiger partial charge in [-0.05, 0) is 26.0 Å². The molecule has 9 nitrogen and oxygen atoms in total. The number of halogens is 1. The third kappa shape index (κ3) is 3.78. The van der Waals surface area contributed by atoms with Crippen LogP contribution in [-0.2, 0) is 13.1 Å². The second-order valence-corrected chi connectivity index (χ2v) is 6.40. The Balaban J connectivity index is 1.94. The van der Waals surface area contributed by atoms with Gasteiger partial charge in [-0.2, -0.15) is 9.97 Å². The molecule has 1 unspecified atom stereocenters. The number of nitrogens with two attached hydrogens (primary N) is 2. The quantitative estimate of drug-likeness (QED) is 0.460. The fraction of sp³-hybridized carbons (Fsp3) is 0.375. The van der Waals surface area contributed by atoms with Crippen LogP contribution >= 0.6 is 11.6 Å². The Labute approximate surface area is 156 Å². The Bertz CT molecular complexity index is 886. The van der Waals surface area contributed by atoms with Crippen LogP contribution in [-0.4, -0.2) is 37.5 Å². The molecule has 3 aromatic rings. The molecule has 1 aromatic carbocycles. The fourth-order valence-corrected chi connectivity index (χ4v) is 2.71.